The first-order chi connectivity index (χ1) is 15.9. The van der Waals surface area contributed by atoms with E-state index in [-0.39, 0.29) is 33.7 Å². The minimum Gasteiger partial charge on any atom is -0.507 e. The lowest BCUT2D eigenvalue weighted by Crippen LogP contribution is -2.60. The van der Waals surface area contributed by atoms with Gasteiger partial charge in [-0.1, -0.05) is 34.1 Å². The highest BCUT2D eigenvalue weighted by Gasteiger charge is 2.63. The summed E-state index contributed by atoms with van der Waals surface area (Å²) in [6.45, 7) is 12.5. The number of benzene rings is 1. The Morgan fingerprint density at radius 1 is 1.12 bits per heavy atom. The van der Waals surface area contributed by atoms with Crippen LogP contribution in [-0.4, -0.2) is 57.6 Å². The fraction of sp³-hybridized carbons (Fsp3) is 0.778. The molecule has 2 saturated carbocycles. The molecule has 0 spiro atoms. The Morgan fingerprint density at radius 2 is 1.82 bits per heavy atom. The number of rotatable bonds is 3. The summed E-state index contributed by atoms with van der Waals surface area (Å²) < 4.78 is 39.5. The molecule has 5 rings (SSSR count). The predicted octanol–water partition coefficient (Wildman–Crippen LogP) is 4.52. The summed E-state index contributed by atoms with van der Waals surface area (Å²) in [6.07, 6.45) is 5.48. The minimum absolute atomic E-state index is 0.0198. The van der Waals surface area contributed by atoms with Gasteiger partial charge in [0.15, 0.2) is 9.84 Å². The molecule has 3 fully saturated rings. The Hall–Kier alpha value is -1.31. The van der Waals surface area contributed by atoms with Crippen molar-refractivity contribution in [2.45, 2.75) is 76.7 Å². The molecule has 4 aliphatic rings. The fourth-order valence-electron chi connectivity index (χ4n) is 8.47. The Bertz CT molecular complexity index is 1080. The van der Waals surface area contributed by atoms with Gasteiger partial charge >= 0.3 is 0 Å². The van der Waals surface area contributed by atoms with E-state index in [0.717, 1.165) is 44.3 Å². The van der Waals surface area contributed by atoms with E-state index in [1.165, 1.54) is 6.42 Å². The van der Waals surface area contributed by atoms with Crippen molar-refractivity contribution in [3.8, 4) is 11.5 Å². The zero-order chi connectivity index (χ0) is 24.5. The van der Waals surface area contributed by atoms with Gasteiger partial charge < -0.3 is 14.6 Å². The SMILES string of the molecule is COc1cc(O)c(CN2CCOCC2)c2c1C1(C)CCC3C(C)(C)CCCC3(C)C1CS2(=O)=O. The number of fused-ring (bicyclic) bond motifs is 5. The van der Waals surface area contributed by atoms with E-state index < -0.39 is 9.84 Å². The molecular weight excluding hydrogens is 450 g/mol. The average Bonchev–Trinajstić information content (AvgIpc) is 2.76. The quantitative estimate of drug-likeness (QED) is 0.670. The van der Waals surface area contributed by atoms with E-state index in [0.29, 0.717) is 41.9 Å². The van der Waals surface area contributed by atoms with Gasteiger partial charge in [-0.3, -0.25) is 4.90 Å². The van der Waals surface area contributed by atoms with Gasteiger partial charge in [0.05, 0.1) is 31.0 Å². The topological polar surface area (TPSA) is 76.1 Å². The number of nitrogens with zero attached hydrogens (tertiary/aromatic N) is 1. The average molecular weight is 492 g/mol. The van der Waals surface area contributed by atoms with Crippen molar-refractivity contribution >= 4 is 9.84 Å². The third kappa shape index (κ3) is 3.52. The van der Waals surface area contributed by atoms with Crippen molar-refractivity contribution < 1.29 is 23.0 Å². The van der Waals surface area contributed by atoms with Crippen molar-refractivity contribution in [1.29, 1.82) is 0 Å². The van der Waals surface area contributed by atoms with Crippen LogP contribution in [0.25, 0.3) is 0 Å². The van der Waals surface area contributed by atoms with Gasteiger partial charge in [0.1, 0.15) is 11.5 Å². The lowest BCUT2D eigenvalue weighted by atomic mass is 9.42. The first-order valence-corrected chi connectivity index (χ1v) is 14.6. The number of morpholine rings is 1. The largest absolute Gasteiger partial charge is 0.507 e. The lowest BCUT2D eigenvalue weighted by molar-refractivity contribution is -0.0985. The molecule has 34 heavy (non-hydrogen) atoms. The summed E-state index contributed by atoms with van der Waals surface area (Å²) in [6, 6.07) is 1.66. The normalized spacial score (nSPS) is 36.7. The van der Waals surface area contributed by atoms with Crippen LogP contribution in [0, 0.1) is 22.7 Å². The Balaban J connectivity index is 1.69. The molecule has 1 N–H and O–H groups in total. The molecular formula is C27H41NO5S. The molecule has 2 aliphatic heterocycles. The summed E-state index contributed by atoms with van der Waals surface area (Å²) in [5.74, 6) is 1.24. The van der Waals surface area contributed by atoms with Crippen molar-refractivity contribution in [3.63, 3.8) is 0 Å². The van der Waals surface area contributed by atoms with E-state index in [1.807, 2.05) is 0 Å². The van der Waals surface area contributed by atoms with Crippen molar-refractivity contribution in [1.82, 2.24) is 4.90 Å². The molecule has 2 aliphatic carbocycles. The molecule has 6 nitrogen and oxygen atoms in total. The van der Waals surface area contributed by atoms with Crippen LogP contribution in [0.3, 0.4) is 0 Å². The maximum absolute atomic E-state index is 14.1. The molecule has 4 atom stereocenters. The van der Waals surface area contributed by atoms with E-state index in [1.54, 1.807) is 13.2 Å². The number of phenolic OH excluding ortho intramolecular Hbond substituents is 1. The number of phenols is 1. The maximum atomic E-state index is 14.1. The highest BCUT2D eigenvalue weighted by molar-refractivity contribution is 7.91. The standard InChI is InChI=1S/C27H41NO5S/c1-25(2)8-6-9-26(3)21(25)7-10-27(4)22(26)17-34(30,31)24-18(16-28-11-13-33-14-12-28)19(29)15-20(32-5)23(24)27/h15,21-22,29H,6-14,16-17H2,1-5H3. The lowest BCUT2D eigenvalue weighted by Gasteiger charge is -2.64. The summed E-state index contributed by atoms with van der Waals surface area (Å²) in [5, 5.41) is 11.0. The number of aromatic hydroxyl groups is 1. The van der Waals surface area contributed by atoms with Gasteiger partial charge in [0.2, 0.25) is 0 Å². The van der Waals surface area contributed by atoms with E-state index in [9.17, 15) is 13.5 Å². The first-order valence-electron chi connectivity index (χ1n) is 12.9. The maximum Gasteiger partial charge on any atom is 0.179 e. The van der Waals surface area contributed by atoms with Crippen LogP contribution in [0.5, 0.6) is 11.5 Å². The van der Waals surface area contributed by atoms with Crippen LogP contribution in [0.4, 0.5) is 0 Å². The van der Waals surface area contributed by atoms with Gasteiger partial charge in [0.25, 0.3) is 0 Å². The highest BCUT2D eigenvalue weighted by atomic mass is 32.2. The molecule has 4 unspecified atom stereocenters. The summed E-state index contributed by atoms with van der Waals surface area (Å²) in [7, 11) is -2.02. The number of hydrogen-bond acceptors (Lipinski definition) is 6. The molecule has 2 heterocycles. The van der Waals surface area contributed by atoms with Gasteiger partial charge in [-0.15, -0.1) is 0 Å². The molecule has 0 aromatic heterocycles. The Labute approximate surface area is 204 Å². The van der Waals surface area contributed by atoms with Crippen molar-refractivity contribution in [2.75, 3.05) is 39.2 Å². The predicted molar refractivity (Wildman–Crippen MR) is 132 cm³/mol. The van der Waals surface area contributed by atoms with E-state index in [2.05, 4.69) is 32.6 Å². The third-order valence-corrected chi connectivity index (χ3v) is 11.9. The summed E-state index contributed by atoms with van der Waals surface area (Å²) in [5.41, 5.74) is 1.23. The van der Waals surface area contributed by atoms with Crippen LogP contribution >= 0.6 is 0 Å². The third-order valence-electron chi connectivity index (χ3n) is 10.1. The van der Waals surface area contributed by atoms with Gasteiger partial charge in [-0.25, -0.2) is 8.42 Å². The fourth-order valence-corrected chi connectivity index (χ4v) is 11.0. The number of methoxy groups -OCH3 is 1. The second-order valence-electron chi connectivity index (χ2n) is 12.4. The molecule has 1 aromatic carbocycles. The molecule has 1 saturated heterocycles. The molecule has 7 heteroatoms. The van der Waals surface area contributed by atoms with Crippen molar-refractivity contribution in [2.24, 2.45) is 22.7 Å². The smallest absolute Gasteiger partial charge is 0.179 e. The first kappa shape index (κ1) is 24.4. The molecule has 0 radical (unpaired) electrons. The number of ether oxygens (including phenoxy) is 2. The van der Waals surface area contributed by atoms with Crippen LogP contribution in [-0.2, 0) is 26.5 Å². The van der Waals surface area contributed by atoms with E-state index >= 15 is 0 Å². The number of hydrogen-bond donors (Lipinski definition) is 1. The Morgan fingerprint density at radius 3 is 2.50 bits per heavy atom. The van der Waals surface area contributed by atoms with Crippen LogP contribution < -0.4 is 4.74 Å². The van der Waals surface area contributed by atoms with Gasteiger partial charge in [-0.2, -0.15) is 0 Å². The second kappa shape index (κ2) is 8.10. The zero-order valence-corrected chi connectivity index (χ0v) is 22.3. The van der Waals surface area contributed by atoms with Crippen LogP contribution in [0.15, 0.2) is 11.0 Å². The van der Waals surface area contributed by atoms with Crippen molar-refractivity contribution in [3.05, 3.63) is 17.2 Å². The number of sulfone groups is 1. The monoisotopic (exact) mass is 491 g/mol. The Kier molecular flexibility index (Phi) is 5.81. The van der Waals surface area contributed by atoms with Gasteiger partial charge in [0, 0.05) is 42.2 Å². The minimum atomic E-state index is -3.61. The molecule has 1 aromatic rings. The molecule has 0 bridgehead atoms. The van der Waals surface area contributed by atoms with Crippen LogP contribution in [0.1, 0.15) is 70.9 Å². The summed E-state index contributed by atoms with van der Waals surface area (Å²) in [4.78, 5) is 2.52. The van der Waals surface area contributed by atoms with Gasteiger partial charge in [-0.05, 0) is 48.3 Å². The molecule has 0 amide bonds. The molecule has 190 valence electrons. The highest BCUT2D eigenvalue weighted by Crippen LogP contribution is 2.67. The second-order valence-corrected chi connectivity index (χ2v) is 14.3. The summed E-state index contributed by atoms with van der Waals surface area (Å²) >= 11 is 0. The van der Waals surface area contributed by atoms with E-state index in [4.69, 9.17) is 9.47 Å². The zero-order valence-electron chi connectivity index (χ0n) is 21.4. The van der Waals surface area contributed by atoms with Crippen LogP contribution in [0.2, 0.25) is 0 Å².